The molecule has 2 aromatic carbocycles. The van der Waals surface area contributed by atoms with Crippen LogP contribution in [0.25, 0.3) is 0 Å². The first kappa shape index (κ1) is 22.9. The second-order valence-electron chi connectivity index (χ2n) is 5.81. The van der Waals surface area contributed by atoms with Gasteiger partial charge in [0.05, 0.1) is 23.4 Å². The highest BCUT2D eigenvalue weighted by atomic mass is 79.9. The van der Waals surface area contributed by atoms with Gasteiger partial charge in [0.15, 0.2) is 11.5 Å². The van der Waals surface area contributed by atoms with E-state index in [0.29, 0.717) is 21.5 Å². The lowest BCUT2D eigenvalue weighted by Gasteiger charge is -2.11. The molecule has 0 bridgehead atoms. The Morgan fingerprint density at radius 3 is 2.80 bits per heavy atom. The molecule has 2 amide bonds. The van der Waals surface area contributed by atoms with Crippen molar-refractivity contribution in [3.8, 4) is 23.8 Å². The number of carbonyl (C=O) groups is 2. The Kier molecular flexibility index (Phi) is 8.84. The van der Waals surface area contributed by atoms with Crippen LogP contribution in [0.15, 0.2) is 46.0 Å². The van der Waals surface area contributed by atoms with E-state index in [1.54, 1.807) is 18.2 Å². The van der Waals surface area contributed by atoms with Crippen molar-refractivity contribution in [2.45, 2.75) is 6.42 Å². The molecule has 0 saturated heterocycles. The average Bonchev–Trinajstić information content (AvgIpc) is 2.72. The Labute approximate surface area is 181 Å². The quantitative estimate of drug-likeness (QED) is 0.331. The van der Waals surface area contributed by atoms with Gasteiger partial charge in [0.25, 0.3) is 5.91 Å². The zero-order chi connectivity index (χ0) is 21.9. The molecule has 2 rings (SSSR count). The van der Waals surface area contributed by atoms with Crippen molar-refractivity contribution in [3.63, 3.8) is 0 Å². The summed E-state index contributed by atoms with van der Waals surface area (Å²) in [5.74, 6) is 1.65. The van der Waals surface area contributed by atoms with E-state index in [1.807, 2.05) is 0 Å². The Balaban J connectivity index is 1.86. The van der Waals surface area contributed by atoms with Crippen LogP contribution >= 0.6 is 15.9 Å². The number of halogens is 2. The molecule has 0 aliphatic carbocycles. The van der Waals surface area contributed by atoms with Gasteiger partial charge in [-0.2, -0.15) is 5.10 Å². The van der Waals surface area contributed by atoms with Crippen LogP contribution in [-0.4, -0.2) is 38.3 Å². The van der Waals surface area contributed by atoms with Gasteiger partial charge in [-0.25, -0.2) is 9.82 Å². The predicted molar refractivity (Wildman–Crippen MR) is 114 cm³/mol. The lowest BCUT2D eigenvalue weighted by Crippen LogP contribution is -2.29. The molecule has 0 spiro atoms. The van der Waals surface area contributed by atoms with Crippen molar-refractivity contribution in [1.29, 1.82) is 0 Å². The van der Waals surface area contributed by atoms with E-state index in [1.165, 1.54) is 31.5 Å². The van der Waals surface area contributed by atoms with Gasteiger partial charge < -0.3 is 14.8 Å². The minimum Gasteiger partial charge on any atom is -0.493 e. The van der Waals surface area contributed by atoms with Gasteiger partial charge in [0.2, 0.25) is 5.91 Å². The number of amides is 2. The summed E-state index contributed by atoms with van der Waals surface area (Å²) in [6.07, 6.45) is 6.60. The summed E-state index contributed by atoms with van der Waals surface area (Å²) in [4.78, 5) is 23.7. The van der Waals surface area contributed by atoms with Crippen LogP contribution in [0.3, 0.4) is 0 Å². The van der Waals surface area contributed by atoms with E-state index < -0.39 is 17.6 Å². The number of nitrogens with zero attached hydrogens (tertiary/aromatic N) is 1. The Hall–Kier alpha value is -3.38. The molecule has 30 heavy (non-hydrogen) atoms. The van der Waals surface area contributed by atoms with Gasteiger partial charge >= 0.3 is 0 Å². The standard InChI is InChI=1S/C21H19BrFN3O4/c1-3-10-30-20-16(22)11-14(12-18(20)29-2)13-25-26-19(27)8-9-24-21(28)15-6-4-5-7-17(15)23/h1,4-7,11-13H,8-10H2,2H3,(H,24,28)(H,26,27). The fourth-order valence-corrected chi connectivity index (χ4v) is 2.91. The van der Waals surface area contributed by atoms with Crippen LogP contribution in [0.1, 0.15) is 22.3 Å². The monoisotopic (exact) mass is 475 g/mol. The fraction of sp³-hybridized carbons (Fsp3) is 0.190. The summed E-state index contributed by atoms with van der Waals surface area (Å²) in [5, 5.41) is 6.36. The molecule has 0 radical (unpaired) electrons. The van der Waals surface area contributed by atoms with E-state index in [2.05, 4.69) is 37.7 Å². The molecule has 0 aromatic heterocycles. The molecule has 0 fully saturated rings. The number of methoxy groups -OCH3 is 1. The zero-order valence-corrected chi connectivity index (χ0v) is 17.7. The second-order valence-corrected chi connectivity index (χ2v) is 6.66. The molecule has 0 saturated carbocycles. The molecule has 0 unspecified atom stereocenters. The zero-order valence-electron chi connectivity index (χ0n) is 16.1. The van der Waals surface area contributed by atoms with E-state index in [4.69, 9.17) is 15.9 Å². The highest BCUT2D eigenvalue weighted by Crippen LogP contribution is 2.36. The maximum atomic E-state index is 13.5. The summed E-state index contributed by atoms with van der Waals surface area (Å²) in [5.41, 5.74) is 2.91. The van der Waals surface area contributed by atoms with E-state index in [-0.39, 0.29) is 25.1 Å². The highest BCUT2D eigenvalue weighted by molar-refractivity contribution is 9.10. The molecule has 2 N–H and O–H groups in total. The van der Waals surface area contributed by atoms with Gasteiger partial charge in [-0.1, -0.05) is 18.1 Å². The molecule has 9 heteroatoms. The third-order valence-electron chi connectivity index (χ3n) is 3.71. The normalized spacial score (nSPS) is 10.3. The molecule has 0 aliphatic rings. The first-order chi connectivity index (χ1) is 14.5. The minimum atomic E-state index is -0.624. The number of hydrazone groups is 1. The summed E-state index contributed by atoms with van der Waals surface area (Å²) < 4.78 is 24.8. The fourth-order valence-electron chi connectivity index (χ4n) is 2.33. The molecule has 0 heterocycles. The Bertz CT molecular complexity index is 989. The van der Waals surface area contributed by atoms with Crippen LogP contribution in [-0.2, 0) is 4.79 Å². The van der Waals surface area contributed by atoms with Crippen LogP contribution < -0.4 is 20.2 Å². The topological polar surface area (TPSA) is 89.0 Å². The van der Waals surface area contributed by atoms with Gasteiger partial charge in [0, 0.05) is 13.0 Å². The third-order valence-corrected chi connectivity index (χ3v) is 4.30. The van der Waals surface area contributed by atoms with Gasteiger partial charge in [0.1, 0.15) is 12.4 Å². The number of ether oxygens (including phenoxy) is 2. The van der Waals surface area contributed by atoms with Gasteiger partial charge in [-0.05, 0) is 45.8 Å². The van der Waals surface area contributed by atoms with Crippen molar-refractivity contribution in [2.24, 2.45) is 5.10 Å². The molecule has 156 valence electrons. The minimum absolute atomic E-state index is 0.0244. The molecule has 0 atom stereocenters. The van der Waals surface area contributed by atoms with Gasteiger partial charge in [-0.3, -0.25) is 9.59 Å². The van der Waals surface area contributed by atoms with E-state index in [9.17, 15) is 14.0 Å². The van der Waals surface area contributed by atoms with Crippen LogP contribution in [0.4, 0.5) is 4.39 Å². The Morgan fingerprint density at radius 1 is 1.33 bits per heavy atom. The van der Waals surface area contributed by atoms with E-state index in [0.717, 1.165) is 0 Å². The Morgan fingerprint density at radius 2 is 2.10 bits per heavy atom. The largest absolute Gasteiger partial charge is 0.493 e. The lowest BCUT2D eigenvalue weighted by atomic mass is 10.2. The van der Waals surface area contributed by atoms with Crippen LogP contribution in [0.2, 0.25) is 0 Å². The summed E-state index contributed by atoms with van der Waals surface area (Å²) in [6.45, 7) is 0.126. The highest BCUT2D eigenvalue weighted by Gasteiger charge is 2.12. The number of terminal acetylenes is 1. The lowest BCUT2D eigenvalue weighted by molar-refractivity contribution is -0.120. The SMILES string of the molecule is C#CCOc1c(Br)cc(C=NNC(=O)CCNC(=O)c2ccccc2F)cc1OC. The molecular weight excluding hydrogens is 457 g/mol. The van der Waals surface area contributed by atoms with Crippen molar-refractivity contribution in [3.05, 3.63) is 57.8 Å². The number of rotatable bonds is 9. The number of hydrogen-bond donors (Lipinski definition) is 2. The third kappa shape index (κ3) is 6.60. The maximum Gasteiger partial charge on any atom is 0.254 e. The maximum absolute atomic E-state index is 13.5. The summed E-state index contributed by atoms with van der Waals surface area (Å²) >= 11 is 3.37. The van der Waals surface area contributed by atoms with Crippen LogP contribution in [0, 0.1) is 18.2 Å². The molecular formula is C21H19BrFN3O4. The average molecular weight is 476 g/mol. The summed E-state index contributed by atoms with van der Waals surface area (Å²) in [6, 6.07) is 8.99. The van der Waals surface area contributed by atoms with Crippen LogP contribution in [0.5, 0.6) is 11.5 Å². The molecule has 0 aliphatic heterocycles. The predicted octanol–water partition coefficient (Wildman–Crippen LogP) is 2.88. The summed E-state index contributed by atoms with van der Waals surface area (Å²) in [7, 11) is 1.49. The van der Waals surface area contributed by atoms with Crippen molar-refractivity contribution in [2.75, 3.05) is 20.3 Å². The number of nitrogens with one attached hydrogen (secondary N) is 2. The smallest absolute Gasteiger partial charge is 0.254 e. The van der Waals surface area contributed by atoms with Gasteiger partial charge in [-0.15, -0.1) is 6.42 Å². The van der Waals surface area contributed by atoms with Crippen molar-refractivity contribution < 1.29 is 23.5 Å². The first-order valence-corrected chi connectivity index (χ1v) is 9.54. The second kappa shape index (κ2) is 11.6. The first-order valence-electron chi connectivity index (χ1n) is 8.74. The molecule has 2 aromatic rings. The number of hydrogen-bond acceptors (Lipinski definition) is 5. The van der Waals surface area contributed by atoms with Crippen molar-refractivity contribution >= 4 is 34.0 Å². The number of benzene rings is 2. The van der Waals surface area contributed by atoms with Crippen molar-refractivity contribution in [1.82, 2.24) is 10.7 Å². The van der Waals surface area contributed by atoms with E-state index >= 15 is 0 Å². The molecule has 7 nitrogen and oxygen atoms in total. The number of carbonyl (C=O) groups excluding carboxylic acids is 2.